The van der Waals surface area contributed by atoms with E-state index in [0.717, 1.165) is 22.9 Å². The largest absolute Gasteiger partial charge is 0.481 e. The predicted octanol–water partition coefficient (Wildman–Crippen LogP) is 0.809. The fraction of sp³-hybridized carbons (Fsp3) is 0.387. The lowest BCUT2D eigenvalue weighted by molar-refractivity contribution is -0.143. The molecule has 2 unspecified atom stereocenters. The molecular formula is C31H41N7O6. The second kappa shape index (κ2) is 15.5. The summed E-state index contributed by atoms with van der Waals surface area (Å²) >= 11 is 0. The molecule has 3 aromatic rings. The lowest BCUT2D eigenvalue weighted by Crippen LogP contribution is -2.58. The number of anilines is 1. The summed E-state index contributed by atoms with van der Waals surface area (Å²) in [6.07, 6.45) is 2.84. The van der Waals surface area contributed by atoms with E-state index in [2.05, 4.69) is 15.6 Å². The van der Waals surface area contributed by atoms with Crippen molar-refractivity contribution in [3.05, 3.63) is 65.9 Å². The summed E-state index contributed by atoms with van der Waals surface area (Å²) in [6, 6.07) is 9.51. The molecule has 236 valence electrons. The number of carboxylic acid groups (broad SMARTS) is 1. The lowest BCUT2D eigenvalue weighted by Gasteiger charge is -2.31. The summed E-state index contributed by atoms with van der Waals surface area (Å²) in [6.45, 7) is 1.92. The number of nitrogens with one attached hydrogen (secondary N) is 3. The Morgan fingerprint density at radius 3 is 2.25 bits per heavy atom. The standard InChI is InChI=1S/C31H41N7O6/c1-3-4-9-26(38(2)31(44)22(33)15-19-17-35-23-8-6-5-7-21(19)23)30(43)37-25(16-27(39)40)29(42)36-24(28(34)41)14-18-10-12-20(32)13-11-18/h5-8,10-13,17,22,24-26,35H,3-4,9,14-16,32-33H2,1-2H3,(H2,34,41)(H,36,42)(H,37,43)(H,39,40)/t22-,24?,25-,26?/m0/s1. The molecule has 0 spiro atoms. The molecular weight excluding hydrogens is 566 g/mol. The van der Waals surface area contributed by atoms with Crippen molar-refractivity contribution in [1.29, 1.82) is 0 Å². The second-order valence-electron chi connectivity index (χ2n) is 10.8. The van der Waals surface area contributed by atoms with E-state index in [4.69, 9.17) is 17.2 Å². The van der Waals surface area contributed by atoms with Crippen molar-refractivity contribution in [3.8, 4) is 0 Å². The van der Waals surface area contributed by atoms with Crippen molar-refractivity contribution in [2.24, 2.45) is 11.5 Å². The van der Waals surface area contributed by atoms with E-state index in [0.29, 0.717) is 17.7 Å². The first-order valence-corrected chi connectivity index (χ1v) is 14.4. The average molecular weight is 608 g/mol. The smallest absolute Gasteiger partial charge is 0.305 e. The van der Waals surface area contributed by atoms with Crippen LogP contribution < -0.4 is 27.8 Å². The Labute approximate surface area is 255 Å². The van der Waals surface area contributed by atoms with Crippen molar-refractivity contribution in [3.63, 3.8) is 0 Å². The summed E-state index contributed by atoms with van der Waals surface area (Å²) in [7, 11) is 1.46. The van der Waals surface area contributed by atoms with Gasteiger partial charge in [0.2, 0.25) is 23.6 Å². The maximum atomic E-state index is 13.5. The Balaban J connectivity index is 1.74. The first-order valence-electron chi connectivity index (χ1n) is 14.4. The molecule has 4 amide bonds. The fourth-order valence-corrected chi connectivity index (χ4v) is 4.97. The number of para-hydroxylation sites is 1. The molecule has 1 aromatic heterocycles. The van der Waals surface area contributed by atoms with E-state index in [-0.39, 0.29) is 19.3 Å². The summed E-state index contributed by atoms with van der Waals surface area (Å²) in [4.78, 5) is 68.3. The van der Waals surface area contributed by atoms with Crippen molar-refractivity contribution < 1.29 is 29.1 Å². The van der Waals surface area contributed by atoms with Gasteiger partial charge in [0, 0.05) is 36.3 Å². The van der Waals surface area contributed by atoms with Gasteiger partial charge in [-0.1, -0.05) is 50.1 Å². The molecule has 0 aliphatic rings. The first kappa shape index (κ1) is 33.6. The van der Waals surface area contributed by atoms with E-state index in [9.17, 15) is 29.1 Å². The molecule has 0 saturated carbocycles. The van der Waals surface area contributed by atoms with Crippen LogP contribution in [-0.4, -0.2) is 75.8 Å². The van der Waals surface area contributed by atoms with Crippen LogP contribution in [0.25, 0.3) is 10.9 Å². The highest BCUT2D eigenvalue weighted by Crippen LogP contribution is 2.20. The number of nitrogens with zero attached hydrogens (tertiary/aromatic N) is 1. The Morgan fingerprint density at radius 2 is 1.61 bits per heavy atom. The number of carbonyl (C=O) groups is 5. The Bertz CT molecular complexity index is 1470. The third kappa shape index (κ3) is 9.04. The second-order valence-corrected chi connectivity index (χ2v) is 10.8. The minimum atomic E-state index is -1.54. The summed E-state index contributed by atoms with van der Waals surface area (Å²) in [5.74, 6) is -4.30. The SMILES string of the molecule is CCCCC(C(=O)N[C@@H](CC(=O)O)C(=O)NC(Cc1ccc(N)cc1)C(N)=O)N(C)C(=O)[C@@H](N)Cc1c[nH]c2ccccc12. The third-order valence-corrected chi connectivity index (χ3v) is 7.47. The van der Waals surface area contributed by atoms with Gasteiger partial charge in [0.05, 0.1) is 12.5 Å². The van der Waals surface area contributed by atoms with Gasteiger partial charge in [0.1, 0.15) is 18.1 Å². The zero-order valence-corrected chi connectivity index (χ0v) is 24.9. The minimum Gasteiger partial charge on any atom is -0.481 e. The molecule has 0 aliphatic carbocycles. The monoisotopic (exact) mass is 607 g/mol. The Hall–Kier alpha value is -4.91. The van der Waals surface area contributed by atoms with E-state index >= 15 is 0 Å². The number of nitrogen functional groups attached to an aromatic ring is 1. The van der Waals surface area contributed by atoms with Gasteiger partial charge in [0.25, 0.3) is 0 Å². The van der Waals surface area contributed by atoms with Gasteiger partial charge in [-0.25, -0.2) is 0 Å². The molecule has 44 heavy (non-hydrogen) atoms. The molecule has 0 aliphatic heterocycles. The average Bonchev–Trinajstić information content (AvgIpc) is 3.39. The van der Waals surface area contributed by atoms with Gasteiger partial charge in [-0.2, -0.15) is 0 Å². The normalized spacial score (nSPS) is 13.8. The quantitative estimate of drug-likeness (QED) is 0.115. The number of carbonyl (C=O) groups excluding carboxylic acids is 4. The molecule has 3 rings (SSSR count). The van der Waals surface area contributed by atoms with Gasteiger partial charge in [-0.15, -0.1) is 0 Å². The number of nitrogens with two attached hydrogens (primary N) is 3. The number of aromatic nitrogens is 1. The van der Waals surface area contributed by atoms with Crippen LogP contribution >= 0.6 is 0 Å². The number of aromatic amines is 1. The van der Waals surface area contributed by atoms with Gasteiger partial charge < -0.3 is 42.8 Å². The number of likely N-dealkylation sites (N-methyl/N-ethyl adjacent to an activating group) is 1. The highest BCUT2D eigenvalue weighted by atomic mass is 16.4. The van der Waals surface area contributed by atoms with Gasteiger partial charge in [-0.05, 0) is 42.2 Å². The molecule has 0 saturated heterocycles. The Morgan fingerprint density at radius 1 is 0.955 bits per heavy atom. The van der Waals surface area contributed by atoms with Crippen molar-refractivity contribution in [2.75, 3.05) is 12.8 Å². The van der Waals surface area contributed by atoms with Gasteiger partial charge in [-0.3, -0.25) is 24.0 Å². The van der Waals surface area contributed by atoms with Crippen LogP contribution in [0.2, 0.25) is 0 Å². The predicted molar refractivity (Wildman–Crippen MR) is 166 cm³/mol. The van der Waals surface area contributed by atoms with Crippen LogP contribution in [0.15, 0.2) is 54.7 Å². The van der Waals surface area contributed by atoms with Crippen LogP contribution in [0.4, 0.5) is 5.69 Å². The third-order valence-electron chi connectivity index (χ3n) is 7.47. The first-order chi connectivity index (χ1) is 20.9. The van der Waals surface area contributed by atoms with E-state index < -0.39 is 60.2 Å². The minimum absolute atomic E-state index is 0.0276. The molecule has 13 heteroatoms. The van der Waals surface area contributed by atoms with Gasteiger partial charge in [0.15, 0.2) is 0 Å². The lowest BCUT2D eigenvalue weighted by atomic mass is 10.0. The number of rotatable bonds is 16. The number of fused-ring (bicyclic) bond motifs is 1. The van der Waals surface area contributed by atoms with Crippen molar-refractivity contribution >= 4 is 46.2 Å². The highest BCUT2D eigenvalue weighted by molar-refractivity contribution is 5.96. The van der Waals surface area contributed by atoms with Crippen LogP contribution in [0.1, 0.15) is 43.7 Å². The number of primary amides is 1. The molecule has 10 N–H and O–H groups in total. The van der Waals surface area contributed by atoms with Crippen molar-refractivity contribution in [1.82, 2.24) is 20.5 Å². The number of amides is 4. The van der Waals surface area contributed by atoms with Crippen LogP contribution in [0.5, 0.6) is 0 Å². The molecule has 0 fully saturated rings. The number of unbranched alkanes of at least 4 members (excludes halogenated alkanes) is 1. The van der Waals surface area contributed by atoms with Crippen LogP contribution in [0, 0.1) is 0 Å². The Kier molecular flexibility index (Phi) is 11.9. The van der Waals surface area contributed by atoms with Crippen LogP contribution in [0.3, 0.4) is 0 Å². The maximum absolute atomic E-state index is 13.5. The summed E-state index contributed by atoms with van der Waals surface area (Å²) in [5.41, 5.74) is 20.4. The number of benzene rings is 2. The number of aliphatic carboxylic acids is 1. The number of hydrogen-bond acceptors (Lipinski definition) is 7. The van der Waals surface area contributed by atoms with E-state index in [1.54, 1.807) is 30.5 Å². The molecule has 13 nitrogen and oxygen atoms in total. The molecule has 2 aromatic carbocycles. The highest BCUT2D eigenvalue weighted by Gasteiger charge is 2.34. The van der Waals surface area contributed by atoms with Crippen LogP contribution in [-0.2, 0) is 36.8 Å². The number of H-pyrrole nitrogens is 1. The van der Waals surface area contributed by atoms with E-state index in [1.165, 1.54) is 11.9 Å². The fourth-order valence-electron chi connectivity index (χ4n) is 4.97. The maximum Gasteiger partial charge on any atom is 0.305 e. The topological polar surface area (TPSA) is 227 Å². The molecule has 0 bridgehead atoms. The molecule has 1 heterocycles. The number of carboxylic acids is 1. The number of hydrogen-bond donors (Lipinski definition) is 7. The zero-order chi connectivity index (χ0) is 32.4. The molecule has 4 atom stereocenters. The van der Waals surface area contributed by atoms with Gasteiger partial charge >= 0.3 is 5.97 Å². The summed E-state index contributed by atoms with van der Waals surface area (Å²) < 4.78 is 0. The zero-order valence-electron chi connectivity index (χ0n) is 24.9. The molecule has 0 radical (unpaired) electrons. The van der Waals surface area contributed by atoms with E-state index in [1.807, 2.05) is 31.2 Å². The summed E-state index contributed by atoms with van der Waals surface area (Å²) in [5, 5.41) is 15.3. The van der Waals surface area contributed by atoms with Crippen molar-refractivity contribution in [2.45, 2.75) is 69.6 Å².